The quantitative estimate of drug-likeness (QED) is 0.398. The number of sulfonamides is 1. The highest BCUT2D eigenvalue weighted by atomic mass is 35.5. The molecule has 1 atom stereocenters. The predicted octanol–water partition coefficient (Wildman–Crippen LogP) is 4.24. The highest BCUT2D eigenvalue weighted by Gasteiger charge is 2.22. The number of benzene rings is 2. The highest BCUT2D eigenvalue weighted by Crippen LogP contribution is 2.26. The summed E-state index contributed by atoms with van der Waals surface area (Å²) in [4.78, 5) is 8.12. The lowest BCUT2D eigenvalue weighted by atomic mass is 10.0. The van der Waals surface area contributed by atoms with Crippen molar-refractivity contribution in [3.05, 3.63) is 65.4 Å². The van der Waals surface area contributed by atoms with E-state index in [0.29, 0.717) is 12.6 Å². The van der Waals surface area contributed by atoms with E-state index >= 15 is 0 Å². The molecule has 0 bridgehead atoms. The molecule has 1 aromatic heterocycles. The number of nitrogens with zero attached hydrogens (tertiary/aromatic N) is 4. The molecule has 33 heavy (non-hydrogen) atoms. The van der Waals surface area contributed by atoms with Gasteiger partial charge in [-0.1, -0.05) is 23.7 Å². The van der Waals surface area contributed by atoms with Crippen LogP contribution in [-0.4, -0.2) is 62.8 Å². The molecule has 0 spiro atoms. The van der Waals surface area contributed by atoms with Gasteiger partial charge in [0.15, 0.2) is 0 Å². The third-order valence-corrected chi connectivity index (χ3v) is 7.32. The van der Waals surface area contributed by atoms with E-state index in [2.05, 4.69) is 37.8 Å². The van der Waals surface area contributed by atoms with E-state index in [-0.39, 0.29) is 9.92 Å². The summed E-state index contributed by atoms with van der Waals surface area (Å²) in [7, 11) is -0.428. The van der Waals surface area contributed by atoms with E-state index in [0.717, 1.165) is 48.0 Å². The maximum Gasteiger partial charge on any atom is 0.285 e. The molecule has 174 valence electrons. The molecule has 1 aliphatic heterocycles. The number of piperidine rings is 1. The number of pyridine rings is 1. The fraction of sp³-hybridized carbons (Fsp3) is 0.333. The Hall–Kier alpha value is -2.68. The van der Waals surface area contributed by atoms with Gasteiger partial charge in [0.1, 0.15) is 11.2 Å². The number of rotatable bonds is 7. The first-order valence-electron chi connectivity index (χ1n) is 10.9. The van der Waals surface area contributed by atoms with Crippen molar-refractivity contribution in [2.24, 2.45) is 4.40 Å². The molecule has 1 aliphatic rings. The summed E-state index contributed by atoms with van der Waals surface area (Å²) >= 11 is 6.20. The molecule has 3 aromatic rings. The lowest BCUT2D eigenvalue weighted by Gasteiger charge is -2.33. The third kappa shape index (κ3) is 6.01. The van der Waals surface area contributed by atoms with Gasteiger partial charge in [-0.2, -0.15) is 8.42 Å². The van der Waals surface area contributed by atoms with Crippen LogP contribution < -0.4 is 5.32 Å². The third-order valence-electron chi connectivity index (χ3n) is 5.61. The molecule has 1 saturated heterocycles. The van der Waals surface area contributed by atoms with E-state index in [1.165, 1.54) is 6.34 Å². The van der Waals surface area contributed by atoms with Crippen LogP contribution in [0.2, 0.25) is 5.02 Å². The van der Waals surface area contributed by atoms with Crippen LogP contribution in [0.4, 0.5) is 5.69 Å². The first kappa shape index (κ1) is 23.5. The van der Waals surface area contributed by atoms with Crippen LogP contribution in [-0.2, 0) is 16.6 Å². The van der Waals surface area contributed by atoms with Crippen LogP contribution in [0.25, 0.3) is 10.8 Å². The first-order valence-corrected chi connectivity index (χ1v) is 12.7. The molecule has 0 radical (unpaired) electrons. The Morgan fingerprint density at radius 1 is 1.21 bits per heavy atom. The zero-order valence-corrected chi connectivity index (χ0v) is 20.4. The molecule has 0 saturated carbocycles. The van der Waals surface area contributed by atoms with Crippen molar-refractivity contribution in [2.45, 2.75) is 30.3 Å². The standard InChI is InChI=1S/C24H28ClN5O2S/c1-29(2)17-27-33(31,32)24-12-18(5-8-23(24)25)15-30-11-3-4-22(16-30)28-21-7-6-20-14-26-10-9-19(20)13-21/h5-10,12-14,17,22,28H,3-4,11,15-16H2,1-2H3/b27-17+/t22-/m1/s1. The summed E-state index contributed by atoms with van der Waals surface area (Å²) in [6.45, 7) is 2.49. The Bertz CT molecular complexity index is 1260. The Morgan fingerprint density at radius 2 is 2.06 bits per heavy atom. The van der Waals surface area contributed by atoms with Crippen molar-refractivity contribution >= 4 is 44.4 Å². The average Bonchev–Trinajstić information content (AvgIpc) is 2.79. The highest BCUT2D eigenvalue weighted by molar-refractivity contribution is 7.90. The minimum atomic E-state index is -3.86. The number of fused-ring (bicyclic) bond motifs is 1. The number of hydrogen-bond acceptors (Lipinski definition) is 5. The lowest BCUT2D eigenvalue weighted by molar-refractivity contribution is 0.208. The molecular formula is C24H28ClN5O2S. The van der Waals surface area contributed by atoms with E-state index in [1.807, 2.05) is 18.3 Å². The number of nitrogens with one attached hydrogen (secondary N) is 1. The molecule has 9 heteroatoms. The second kappa shape index (κ2) is 10.1. The first-order chi connectivity index (χ1) is 15.8. The van der Waals surface area contributed by atoms with Gasteiger partial charge in [-0.15, -0.1) is 4.40 Å². The van der Waals surface area contributed by atoms with Gasteiger partial charge in [0.25, 0.3) is 10.0 Å². The molecular weight excluding hydrogens is 458 g/mol. The summed E-state index contributed by atoms with van der Waals surface area (Å²) < 4.78 is 28.9. The molecule has 2 aromatic carbocycles. The van der Waals surface area contributed by atoms with Crippen LogP contribution in [0.5, 0.6) is 0 Å². The fourth-order valence-corrected chi connectivity index (χ4v) is 5.49. The topological polar surface area (TPSA) is 77.9 Å². The molecule has 0 amide bonds. The molecule has 1 fully saturated rings. The van der Waals surface area contributed by atoms with Crippen molar-refractivity contribution in [2.75, 3.05) is 32.5 Å². The second-order valence-corrected chi connectivity index (χ2v) is 10.6. The number of likely N-dealkylation sites (tertiary alicyclic amines) is 1. The van der Waals surface area contributed by atoms with E-state index in [4.69, 9.17) is 11.6 Å². The van der Waals surface area contributed by atoms with Crippen LogP contribution in [0.15, 0.2) is 64.2 Å². The zero-order chi connectivity index (χ0) is 23.4. The Morgan fingerprint density at radius 3 is 2.88 bits per heavy atom. The molecule has 2 heterocycles. The lowest BCUT2D eigenvalue weighted by Crippen LogP contribution is -2.41. The maximum absolute atomic E-state index is 12.6. The van der Waals surface area contributed by atoms with Crippen molar-refractivity contribution in [1.29, 1.82) is 0 Å². The Kier molecular flexibility index (Phi) is 7.17. The molecule has 7 nitrogen and oxygen atoms in total. The van der Waals surface area contributed by atoms with Crippen LogP contribution in [0, 0.1) is 0 Å². The minimum absolute atomic E-state index is 0.0390. The normalized spacial score (nSPS) is 17.5. The minimum Gasteiger partial charge on any atom is -0.381 e. The van der Waals surface area contributed by atoms with E-state index < -0.39 is 10.0 Å². The summed E-state index contributed by atoms with van der Waals surface area (Å²) in [6.07, 6.45) is 7.10. The van der Waals surface area contributed by atoms with E-state index in [1.54, 1.807) is 37.3 Å². The van der Waals surface area contributed by atoms with Gasteiger partial charge in [0, 0.05) is 56.7 Å². The van der Waals surface area contributed by atoms with Crippen molar-refractivity contribution in [1.82, 2.24) is 14.8 Å². The SMILES string of the molecule is CN(C)/C=N/S(=O)(=O)c1cc(CN2CCC[C@@H](Nc3ccc4cnccc4c3)C2)ccc1Cl. The van der Waals surface area contributed by atoms with Crippen molar-refractivity contribution < 1.29 is 8.42 Å². The predicted molar refractivity (Wildman–Crippen MR) is 134 cm³/mol. The average molecular weight is 486 g/mol. The molecule has 4 rings (SSSR count). The van der Waals surface area contributed by atoms with Gasteiger partial charge in [0.05, 0.1) is 5.02 Å². The Balaban J connectivity index is 1.44. The number of anilines is 1. The van der Waals surface area contributed by atoms with Crippen LogP contribution in [0.1, 0.15) is 18.4 Å². The molecule has 1 N–H and O–H groups in total. The number of halogens is 1. The van der Waals surface area contributed by atoms with Gasteiger partial charge >= 0.3 is 0 Å². The number of hydrogen-bond donors (Lipinski definition) is 1. The largest absolute Gasteiger partial charge is 0.381 e. The summed E-state index contributed by atoms with van der Waals surface area (Å²) in [5, 5.41) is 6.12. The van der Waals surface area contributed by atoms with Crippen molar-refractivity contribution in [3.8, 4) is 0 Å². The summed E-state index contributed by atoms with van der Waals surface area (Å²) in [6, 6.07) is 13.8. The number of aromatic nitrogens is 1. The van der Waals surface area contributed by atoms with Gasteiger partial charge < -0.3 is 10.2 Å². The maximum atomic E-state index is 12.6. The zero-order valence-electron chi connectivity index (χ0n) is 18.8. The van der Waals surface area contributed by atoms with E-state index in [9.17, 15) is 8.42 Å². The molecule has 0 unspecified atom stereocenters. The van der Waals surface area contributed by atoms with Crippen LogP contribution >= 0.6 is 11.6 Å². The van der Waals surface area contributed by atoms with Gasteiger partial charge in [0.2, 0.25) is 0 Å². The smallest absolute Gasteiger partial charge is 0.285 e. The second-order valence-electron chi connectivity index (χ2n) is 8.58. The summed E-state index contributed by atoms with van der Waals surface area (Å²) in [5.41, 5.74) is 2.00. The van der Waals surface area contributed by atoms with Crippen molar-refractivity contribution in [3.63, 3.8) is 0 Å². The van der Waals surface area contributed by atoms with Gasteiger partial charge in [-0.3, -0.25) is 9.88 Å². The van der Waals surface area contributed by atoms with Crippen LogP contribution in [0.3, 0.4) is 0 Å². The summed E-state index contributed by atoms with van der Waals surface area (Å²) in [5.74, 6) is 0. The van der Waals surface area contributed by atoms with Gasteiger partial charge in [-0.05, 0) is 60.7 Å². The monoisotopic (exact) mass is 485 g/mol. The fourth-order valence-electron chi connectivity index (χ4n) is 4.04. The Labute approximate surface area is 200 Å². The molecule has 0 aliphatic carbocycles. The van der Waals surface area contributed by atoms with Gasteiger partial charge in [-0.25, -0.2) is 0 Å².